The summed E-state index contributed by atoms with van der Waals surface area (Å²) in [4.78, 5) is 80.8. The molecule has 0 saturated heterocycles. The van der Waals surface area contributed by atoms with E-state index in [2.05, 4.69) is 40.1 Å². The molecule has 3 aromatic carbocycles. The van der Waals surface area contributed by atoms with Crippen molar-refractivity contribution in [2.24, 2.45) is 23.1 Å². The van der Waals surface area contributed by atoms with Crippen molar-refractivity contribution in [1.29, 1.82) is 5.26 Å². The summed E-state index contributed by atoms with van der Waals surface area (Å²) >= 11 is 0. The molecule has 5 amide bonds. The molecule has 18 nitrogen and oxygen atoms in total. The number of likely N-dealkylation sites (N-methyl/N-ethyl adjacent to an activating group) is 1. The molecule has 2 heterocycles. The first-order valence-electron chi connectivity index (χ1n) is 22.1. The van der Waals surface area contributed by atoms with E-state index in [9.17, 15) is 24.0 Å². The van der Waals surface area contributed by atoms with Crippen molar-refractivity contribution >= 4 is 29.5 Å². The van der Waals surface area contributed by atoms with Crippen molar-refractivity contribution in [3.8, 4) is 40.1 Å². The summed E-state index contributed by atoms with van der Waals surface area (Å²) < 4.78 is 12.2. The van der Waals surface area contributed by atoms with Crippen LogP contribution in [-0.4, -0.2) is 109 Å². The van der Waals surface area contributed by atoms with Crippen LogP contribution in [0.25, 0.3) is 22.5 Å². The maximum absolute atomic E-state index is 14.7. The second-order valence-electron chi connectivity index (χ2n) is 16.4. The van der Waals surface area contributed by atoms with E-state index in [0.29, 0.717) is 57.6 Å². The number of benzene rings is 3. The third-order valence-electron chi connectivity index (χ3n) is 10.9. The Morgan fingerprint density at radius 1 is 0.924 bits per heavy atom. The van der Waals surface area contributed by atoms with Crippen LogP contribution in [0.1, 0.15) is 72.9 Å². The number of nitrogens with one attached hydrogen (secondary N) is 4. The highest BCUT2D eigenvalue weighted by Gasteiger charge is 2.36. The lowest BCUT2D eigenvalue weighted by Gasteiger charge is -2.32. The molecule has 1 aliphatic rings. The van der Waals surface area contributed by atoms with E-state index in [1.54, 1.807) is 36.4 Å². The van der Waals surface area contributed by atoms with Crippen molar-refractivity contribution in [3.05, 3.63) is 94.8 Å². The van der Waals surface area contributed by atoms with Gasteiger partial charge >= 0.3 is 0 Å². The molecule has 4 bridgehead atoms. The van der Waals surface area contributed by atoms with Crippen molar-refractivity contribution < 1.29 is 33.4 Å². The van der Waals surface area contributed by atoms with Crippen LogP contribution in [0.4, 0.5) is 0 Å². The van der Waals surface area contributed by atoms with Crippen LogP contribution in [0.3, 0.4) is 0 Å². The van der Waals surface area contributed by atoms with Crippen LogP contribution in [0, 0.1) is 17.2 Å². The predicted octanol–water partition coefficient (Wildman–Crippen LogP) is 2.08. The average Bonchev–Trinajstić information content (AvgIpc) is 3.31. The summed E-state index contributed by atoms with van der Waals surface area (Å²) in [5.41, 5.74) is 22.2. The largest absolute Gasteiger partial charge is 0.492 e. The second kappa shape index (κ2) is 23.8. The molecule has 10 N–H and O–H groups in total. The first-order chi connectivity index (χ1) is 31.7. The van der Waals surface area contributed by atoms with E-state index in [1.807, 2.05) is 37.3 Å². The van der Waals surface area contributed by atoms with E-state index in [1.165, 1.54) is 30.6 Å². The maximum atomic E-state index is 14.7. The van der Waals surface area contributed by atoms with E-state index in [4.69, 9.17) is 36.9 Å². The minimum absolute atomic E-state index is 0.00298. The molecule has 0 aliphatic carbocycles. The molecule has 0 fully saturated rings. The number of aromatic nitrogens is 2. The highest BCUT2D eigenvalue weighted by Crippen LogP contribution is 2.40. The van der Waals surface area contributed by atoms with Crippen LogP contribution in [0.15, 0.2) is 66.9 Å². The molecule has 5 rings (SSSR count). The number of ether oxygens (including phenoxy) is 2. The lowest BCUT2D eigenvalue weighted by Crippen LogP contribution is -2.56. The summed E-state index contributed by atoms with van der Waals surface area (Å²) in [5, 5.41) is 19.9. The van der Waals surface area contributed by atoms with Crippen molar-refractivity contribution in [2.45, 2.75) is 77.5 Å². The van der Waals surface area contributed by atoms with Gasteiger partial charge in [-0.25, -0.2) is 9.97 Å². The monoisotopic (exact) mass is 903 g/mol. The van der Waals surface area contributed by atoms with Gasteiger partial charge in [-0.2, -0.15) is 5.26 Å². The summed E-state index contributed by atoms with van der Waals surface area (Å²) in [7, 11) is 1.42. The Bertz CT molecular complexity index is 2400. The van der Waals surface area contributed by atoms with Gasteiger partial charge in [0.15, 0.2) is 5.82 Å². The van der Waals surface area contributed by atoms with Gasteiger partial charge in [-0.15, -0.1) is 0 Å². The summed E-state index contributed by atoms with van der Waals surface area (Å²) in [6.45, 7) is 8.00. The van der Waals surface area contributed by atoms with E-state index < -0.39 is 53.7 Å². The zero-order valence-corrected chi connectivity index (χ0v) is 38.2. The third-order valence-corrected chi connectivity index (χ3v) is 10.9. The lowest BCUT2D eigenvalue weighted by atomic mass is 9.93. The Morgan fingerprint density at radius 3 is 2.21 bits per heavy atom. The Kier molecular flexibility index (Phi) is 18.1. The Balaban J connectivity index is 1.56. The average molecular weight is 904 g/mol. The first-order valence-corrected chi connectivity index (χ1v) is 22.1. The third kappa shape index (κ3) is 12.7. The Hall–Kier alpha value is -6.94. The quantitative estimate of drug-likeness (QED) is 0.0706. The number of carbonyl (C=O) groups excluding carboxylic acids is 5. The van der Waals surface area contributed by atoms with Gasteiger partial charge in [0.25, 0.3) is 5.91 Å². The van der Waals surface area contributed by atoms with E-state index >= 15 is 0 Å². The molecule has 350 valence electrons. The number of rotatable bonds is 18. The standard InChI is InChI=1S/C48H61N11O7/c1-6-37-36(27-54-43(56-37)32-10-7-30(8-11-32)23-28(2)3)45(61)57-38(15-16-49)48(64)59(5)42-33-12-14-41(66-22-19-52)35(26-33)34-24-31(9-13-40(34)65-21-18-51)25-39(46(62)53-20-17-50)58-44(60)29(4)55-47(42)63/h7-14,24,26-29,38-39,42H,6,15-16,18-23,25,49,51-52H2,1-5H3,(H,53,62)(H,55,63)(H,57,61)(H,58,60). The van der Waals surface area contributed by atoms with Crippen LogP contribution in [0.5, 0.6) is 11.5 Å². The van der Waals surface area contributed by atoms with E-state index in [0.717, 1.165) is 12.0 Å². The normalized spacial score (nSPS) is 16.5. The summed E-state index contributed by atoms with van der Waals surface area (Å²) in [6, 6.07) is 15.0. The molecule has 0 radical (unpaired) electrons. The highest BCUT2D eigenvalue weighted by atomic mass is 16.5. The number of nitrogens with two attached hydrogens (primary N) is 3. The van der Waals surface area contributed by atoms with Gasteiger partial charge in [-0.3, -0.25) is 24.0 Å². The topological polar surface area (TPSA) is 283 Å². The van der Waals surface area contributed by atoms with Crippen LogP contribution in [-0.2, 0) is 38.4 Å². The summed E-state index contributed by atoms with van der Waals surface area (Å²) in [5.74, 6) is -1.60. The number of nitriles is 1. The van der Waals surface area contributed by atoms with Gasteiger partial charge in [-0.05, 0) is 79.6 Å². The molecule has 4 unspecified atom stereocenters. The van der Waals surface area contributed by atoms with Gasteiger partial charge in [0.05, 0.1) is 17.3 Å². The molecular formula is C48H61N11O7. The fourth-order valence-electron chi connectivity index (χ4n) is 7.64. The van der Waals surface area contributed by atoms with Crippen molar-refractivity contribution in [2.75, 3.05) is 46.4 Å². The lowest BCUT2D eigenvalue weighted by molar-refractivity contribution is -0.141. The van der Waals surface area contributed by atoms with Gasteiger partial charge in [0, 0.05) is 49.4 Å². The molecule has 1 aliphatic heterocycles. The zero-order chi connectivity index (χ0) is 47.9. The molecule has 1 aromatic heterocycles. The van der Waals surface area contributed by atoms with Gasteiger partial charge < -0.3 is 52.8 Å². The second-order valence-corrected chi connectivity index (χ2v) is 16.4. The number of aryl methyl sites for hydroxylation is 1. The zero-order valence-electron chi connectivity index (χ0n) is 38.2. The van der Waals surface area contributed by atoms with Gasteiger partial charge in [-0.1, -0.05) is 57.2 Å². The number of amides is 5. The maximum Gasteiger partial charge on any atom is 0.255 e. The highest BCUT2D eigenvalue weighted by molar-refractivity contribution is 6.00. The first kappa shape index (κ1) is 50.1. The molecule has 4 aromatic rings. The SMILES string of the molecule is CCc1nc(-c2ccc(CC(C)C)cc2)ncc1C(=O)NC(CCN)C(=O)N(C)C1C(=O)NC(C)C(=O)NC(C(=O)NCC#N)Cc2ccc(OCCN)c(c2)-c2cc1ccc2OCCN. The smallest absolute Gasteiger partial charge is 0.255 e. The summed E-state index contributed by atoms with van der Waals surface area (Å²) in [6.07, 6.45) is 2.78. The number of hydrogen-bond donors (Lipinski definition) is 7. The minimum atomic E-state index is -1.40. The molecule has 4 atom stereocenters. The van der Waals surface area contributed by atoms with Crippen LogP contribution in [0.2, 0.25) is 0 Å². The molecule has 18 heteroatoms. The van der Waals surface area contributed by atoms with E-state index in [-0.39, 0.29) is 57.8 Å². The molecule has 66 heavy (non-hydrogen) atoms. The predicted molar refractivity (Wildman–Crippen MR) is 249 cm³/mol. The van der Waals surface area contributed by atoms with Crippen LogP contribution >= 0.6 is 0 Å². The molecular weight excluding hydrogens is 843 g/mol. The number of fused-ring (bicyclic) bond motifs is 5. The molecule has 0 saturated carbocycles. The minimum Gasteiger partial charge on any atom is -0.492 e. The van der Waals surface area contributed by atoms with Crippen molar-refractivity contribution in [3.63, 3.8) is 0 Å². The van der Waals surface area contributed by atoms with Gasteiger partial charge in [0.2, 0.25) is 23.6 Å². The number of carbonyl (C=O) groups is 5. The Morgan fingerprint density at radius 2 is 1.59 bits per heavy atom. The molecule has 0 spiro atoms. The van der Waals surface area contributed by atoms with Gasteiger partial charge in [0.1, 0.15) is 55.4 Å². The number of hydrogen-bond acceptors (Lipinski definition) is 13. The number of nitrogens with zero attached hydrogens (tertiary/aromatic N) is 4. The van der Waals surface area contributed by atoms with Crippen molar-refractivity contribution in [1.82, 2.24) is 36.1 Å². The van der Waals surface area contributed by atoms with Crippen LogP contribution < -0.4 is 47.9 Å². The fourth-order valence-corrected chi connectivity index (χ4v) is 7.64. The Labute approximate surface area is 385 Å². The fraction of sp³-hybridized carbons (Fsp3) is 0.417.